The van der Waals surface area contributed by atoms with Crippen molar-refractivity contribution in [1.82, 2.24) is 72.9 Å². The maximum absolute atomic E-state index is 14.0. The summed E-state index contributed by atoms with van der Waals surface area (Å²) in [6.45, 7) is 17.1. The molecule has 3 saturated carbocycles. The average molecular weight is 1340 g/mol. The van der Waals surface area contributed by atoms with Crippen LogP contribution in [-0.4, -0.2) is 128 Å². The van der Waals surface area contributed by atoms with E-state index in [-0.39, 0.29) is 82.1 Å². The summed E-state index contributed by atoms with van der Waals surface area (Å²) in [5.74, 6) is 2.01. The molecule has 3 aliphatic carbocycles. The van der Waals surface area contributed by atoms with E-state index in [1.165, 1.54) is 0 Å². The second kappa shape index (κ2) is 23.9. The fraction of sp³-hybridized carbons (Fsp3) is 0.565. The molecule has 0 spiro atoms. The van der Waals surface area contributed by atoms with Gasteiger partial charge >= 0.3 is 25.6 Å². The first-order valence-electron chi connectivity index (χ1n) is 31.3. The molecular formula is C62H73BClF9N16O3S. The number of fused-ring (bicyclic) bond motifs is 9. The lowest BCUT2D eigenvalue weighted by Crippen LogP contribution is -2.49. The molecule has 1 saturated heterocycles. The van der Waals surface area contributed by atoms with Crippen molar-refractivity contribution in [1.29, 1.82) is 0 Å². The van der Waals surface area contributed by atoms with Crippen LogP contribution in [0, 0.1) is 13.8 Å². The molecule has 19 nitrogen and oxygen atoms in total. The van der Waals surface area contributed by atoms with E-state index < -0.39 is 53.1 Å². The van der Waals surface area contributed by atoms with Crippen LogP contribution < -0.4 is 10.8 Å². The van der Waals surface area contributed by atoms with E-state index in [4.69, 9.17) is 20.9 Å². The minimum atomic E-state index is -4.35. The Morgan fingerprint density at radius 3 is 1.39 bits per heavy atom. The number of aromatic nitrogens is 15. The molecule has 498 valence electrons. The highest BCUT2D eigenvalue weighted by Gasteiger charge is 2.65. The minimum Gasteiger partial charge on any atom is -0.399 e. The van der Waals surface area contributed by atoms with Crippen LogP contribution in [-0.2, 0) is 64.8 Å². The average Bonchev–Trinajstić information content (AvgIpc) is 1.65. The summed E-state index contributed by atoms with van der Waals surface area (Å²) in [6, 6.07) is 7.38. The Hall–Kier alpha value is -6.76. The summed E-state index contributed by atoms with van der Waals surface area (Å²) in [4.78, 5) is 13.0. The van der Waals surface area contributed by atoms with E-state index in [2.05, 4.69) is 50.9 Å². The highest BCUT2D eigenvalue weighted by Crippen LogP contribution is 2.57. The molecule has 4 fully saturated rings. The normalized spacial score (nSPS) is 19.8. The van der Waals surface area contributed by atoms with Gasteiger partial charge in [0.1, 0.15) is 38.9 Å². The third-order valence-electron chi connectivity index (χ3n) is 20.3. The lowest BCUT2D eigenvalue weighted by molar-refractivity contribution is -0.216. The highest BCUT2D eigenvalue weighted by molar-refractivity contribution is 7.59. The number of aliphatic hydroxyl groups excluding tert-OH is 1. The van der Waals surface area contributed by atoms with Gasteiger partial charge in [-0.2, -0.15) is 53.0 Å². The number of halogens is 10. The van der Waals surface area contributed by atoms with Crippen LogP contribution in [0.1, 0.15) is 140 Å². The predicted molar refractivity (Wildman–Crippen MR) is 334 cm³/mol. The van der Waals surface area contributed by atoms with Gasteiger partial charge in [0.05, 0.1) is 40.6 Å². The first kappa shape index (κ1) is 66.3. The highest BCUT2D eigenvalue weighted by atomic mass is 35.5. The van der Waals surface area contributed by atoms with Gasteiger partial charge in [-0.05, 0) is 147 Å². The van der Waals surface area contributed by atoms with Crippen molar-refractivity contribution in [3.05, 3.63) is 89.0 Å². The van der Waals surface area contributed by atoms with Gasteiger partial charge in [-0.25, -0.2) is 15.0 Å². The van der Waals surface area contributed by atoms with Crippen LogP contribution in [0.3, 0.4) is 0 Å². The van der Waals surface area contributed by atoms with Crippen LogP contribution in [0.5, 0.6) is 0 Å². The zero-order chi connectivity index (χ0) is 65.3. The molecule has 0 radical (unpaired) electrons. The molecule has 15 rings (SSSR count). The molecule has 93 heavy (non-hydrogen) atoms. The van der Waals surface area contributed by atoms with Crippen molar-refractivity contribution < 1.29 is 53.9 Å². The fourth-order valence-corrected chi connectivity index (χ4v) is 14.0. The molecule has 31 heteroatoms. The van der Waals surface area contributed by atoms with E-state index in [0.717, 1.165) is 56.1 Å². The number of aliphatic hydroxyl groups is 1. The molecule has 0 bridgehead atoms. The van der Waals surface area contributed by atoms with Gasteiger partial charge in [0.15, 0.2) is 17.5 Å². The summed E-state index contributed by atoms with van der Waals surface area (Å²) in [5, 5.41) is 37.6. The Labute approximate surface area is 542 Å². The van der Waals surface area contributed by atoms with E-state index in [0.29, 0.717) is 106 Å². The summed E-state index contributed by atoms with van der Waals surface area (Å²) < 4.78 is 149. The van der Waals surface area contributed by atoms with Gasteiger partial charge < -0.3 is 47.1 Å². The molecule has 8 aromatic rings. The fourth-order valence-electron chi connectivity index (χ4n) is 13.8. The number of nitrogens with zero attached hydrogens (tertiary/aromatic N) is 15. The van der Waals surface area contributed by atoms with Gasteiger partial charge in [0.2, 0.25) is 5.95 Å². The summed E-state index contributed by atoms with van der Waals surface area (Å²) in [7, 11) is -0.529. The van der Waals surface area contributed by atoms with E-state index in [1.807, 2.05) is 99.0 Å². The Kier molecular flexibility index (Phi) is 17.0. The van der Waals surface area contributed by atoms with Gasteiger partial charge in [-0.15, -0.1) is 30.6 Å². The maximum Gasteiger partial charge on any atom is 0.496 e. The number of hydrogen-bond donors (Lipinski definition) is 2. The molecule has 0 aromatic carbocycles. The van der Waals surface area contributed by atoms with Gasteiger partial charge in [0.25, 0.3) is 0 Å². The molecule has 0 amide bonds. The van der Waals surface area contributed by atoms with Gasteiger partial charge in [-0.3, -0.25) is 0 Å². The number of hydrogen-bond acceptors (Lipinski definition) is 13. The number of rotatable bonds is 9. The van der Waals surface area contributed by atoms with E-state index in [1.54, 1.807) is 32.2 Å². The first-order chi connectivity index (χ1) is 43.5. The standard InChI is InChI=1S/C22H26F3N7O.C20H26BF3N4O2.C20H19ClF3N5.H2S/c1-13-10-26-20(27-14(2)12-33)28-17(13)15-9-16-18-29-30-19(21(5-3-6-21)22(23,24)25)32(18)8-4-7-31(16)11-15;1-17(2)18(3,4)30-21(29-17)13-11-14-15-25-26-16(19(7-5-8-19)20(22,23)24)28(15)10-6-9-27(14)12-13;1-12-10-25-16(21)9-14(12)13-8-15-17-26-27-18(19(4-2-5-19)20(22,23)24)29(17)7-3-6-28(15)11-13;/h9-11,14,33H,3-8,12H2,1-2H3,(H,26,27,28);11-12H,5-10H2,1-4H3;8-11H,2-7H2,1H3;1H2/t14-;;;/m0.../s1. The number of aryl methyl sites for hydroxylation is 5. The Morgan fingerprint density at radius 2 is 0.968 bits per heavy atom. The summed E-state index contributed by atoms with van der Waals surface area (Å²) >= 11 is 6.07. The number of alkyl halides is 9. The van der Waals surface area contributed by atoms with Crippen LogP contribution >= 0.6 is 25.1 Å². The summed E-state index contributed by atoms with van der Waals surface area (Å²) in [5.41, 5.74) is 1.83. The molecule has 4 aliphatic heterocycles. The first-order valence-corrected chi connectivity index (χ1v) is 31.7. The van der Waals surface area contributed by atoms with Crippen molar-refractivity contribution >= 4 is 43.6 Å². The predicted octanol–water partition coefficient (Wildman–Crippen LogP) is 12.4. The topological polar surface area (TPSA) is 196 Å². The van der Waals surface area contributed by atoms with Crippen molar-refractivity contribution in [3.63, 3.8) is 0 Å². The third kappa shape index (κ3) is 11.1. The second-order valence-corrected chi connectivity index (χ2v) is 27.1. The minimum absolute atomic E-state index is 0. The molecule has 8 aromatic heterocycles. The monoisotopic (exact) mass is 1340 g/mol. The SMILES string of the molecule is CC1(C)OB(c2cc3n(c2)CCCn2c-3nnc2C2(C(F)(F)F)CCC2)OC1(C)C.Cc1cnc(Cl)cc1-c1cc2n(c1)CCCn1c-2nnc1C1(C(F)(F)F)CCC1.Cc1cnc(N[C@@H](C)CO)nc1-c1cc2n(c1)CCCn1c-2nnc1C1(C(F)(F)F)CCC1.S. The number of pyridine rings is 1. The lowest BCUT2D eigenvalue weighted by Gasteiger charge is -2.42. The molecule has 7 aliphatic rings. The third-order valence-corrected chi connectivity index (χ3v) is 20.5. The summed E-state index contributed by atoms with van der Waals surface area (Å²) in [6.07, 6.45) is 0.541. The van der Waals surface area contributed by atoms with Crippen molar-refractivity contribution in [2.45, 2.75) is 217 Å². The van der Waals surface area contributed by atoms with Crippen molar-refractivity contribution in [3.8, 4) is 56.9 Å². The zero-order valence-electron chi connectivity index (χ0n) is 52.5. The lowest BCUT2D eigenvalue weighted by atomic mass is 9.67. The number of anilines is 1. The molecule has 2 N–H and O–H groups in total. The smallest absolute Gasteiger partial charge is 0.399 e. The van der Waals surface area contributed by atoms with Gasteiger partial charge in [-0.1, -0.05) is 30.9 Å². The van der Waals surface area contributed by atoms with Crippen molar-refractivity contribution in [2.24, 2.45) is 0 Å². The largest absolute Gasteiger partial charge is 0.496 e. The molecule has 1 atom stereocenters. The maximum atomic E-state index is 14.0. The van der Waals surface area contributed by atoms with E-state index in [9.17, 15) is 44.6 Å². The molecule has 0 unspecified atom stereocenters. The van der Waals surface area contributed by atoms with E-state index >= 15 is 0 Å². The Morgan fingerprint density at radius 1 is 0.559 bits per heavy atom. The Balaban J connectivity index is 0.000000134. The Bertz CT molecular complexity index is 4080. The quantitative estimate of drug-likeness (QED) is 0.0787. The van der Waals surface area contributed by atoms with Crippen LogP contribution in [0.4, 0.5) is 45.5 Å². The zero-order valence-corrected chi connectivity index (χ0v) is 54.3. The van der Waals surface area contributed by atoms with Crippen LogP contribution in [0.2, 0.25) is 5.15 Å². The van der Waals surface area contributed by atoms with Gasteiger partial charge in [0, 0.05) is 92.9 Å². The number of nitrogens with one attached hydrogen (secondary N) is 1. The second-order valence-electron chi connectivity index (χ2n) is 26.7. The van der Waals surface area contributed by atoms with Crippen LogP contribution in [0.25, 0.3) is 56.9 Å². The van der Waals surface area contributed by atoms with Crippen molar-refractivity contribution in [2.75, 3.05) is 11.9 Å². The van der Waals surface area contributed by atoms with Crippen LogP contribution in [0.15, 0.2) is 55.2 Å². The molecule has 12 heterocycles. The molecular weight excluding hydrogens is 1270 g/mol.